The Hall–Kier alpha value is -1.30. The minimum Gasteiger partial charge on any atom is -0.297 e. The van der Waals surface area contributed by atoms with Gasteiger partial charge in [0.25, 0.3) is 0 Å². The summed E-state index contributed by atoms with van der Waals surface area (Å²) >= 11 is 3.17. The van der Waals surface area contributed by atoms with Gasteiger partial charge < -0.3 is 0 Å². The molecule has 0 N–H and O–H groups in total. The van der Waals surface area contributed by atoms with E-state index in [4.69, 9.17) is 0 Å². The zero-order valence-corrected chi connectivity index (χ0v) is 8.69. The average molecular weight is 256 g/mol. The van der Waals surface area contributed by atoms with Crippen molar-refractivity contribution in [3.8, 4) is 0 Å². The number of amides is 1. The fourth-order valence-electron chi connectivity index (χ4n) is 1.27. The number of anilines is 1. The molecule has 72 valence electrons. The van der Waals surface area contributed by atoms with Crippen LogP contribution in [0.4, 0.5) is 5.82 Å². The lowest BCUT2D eigenvalue weighted by Crippen LogP contribution is -2.25. The van der Waals surface area contributed by atoms with Crippen LogP contribution in [0.25, 0.3) is 0 Å². The normalized spacial score (nSPS) is 16.5. The van der Waals surface area contributed by atoms with Gasteiger partial charge in [0.05, 0.1) is 13.0 Å². The first-order chi connectivity index (χ1) is 6.66. The number of hydrogen-bond acceptors (Lipinski definition) is 4. The highest BCUT2D eigenvalue weighted by atomic mass is 79.9. The zero-order chi connectivity index (χ0) is 10.1. The maximum Gasteiger partial charge on any atom is 0.236 e. The van der Waals surface area contributed by atoms with Crippen molar-refractivity contribution in [2.75, 3.05) is 11.4 Å². The van der Waals surface area contributed by atoms with Gasteiger partial charge in [-0.15, -0.1) is 0 Å². The zero-order valence-electron chi connectivity index (χ0n) is 7.11. The van der Waals surface area contributed by atoms with Crippen molar-refractivity contribution >= 4 is 33.4 Å². The fraction of sp³-hybridized carbons (Fsp3) is 0.250. The Morgan fingerprint density at radius 3 is 2.71 bits per heavy atom. The van der Waals surface area contributed by atoms with E-state index in [1.807, 2.05) is 0 Å². The van der Waals surface area contributed by atoms with Crippen LogP contribution in [0.1, 0.15) is 6.42 Å². The molecule has 0 spiro atoms. The van der Waals surface area contributed by atoms with Crippen molar-refractivity contribution in [3.63, 3.8) is 0 Å². The molecule has 2 heterocycles. The molecule has 1 aromatic rings. The van der Waals surface area contributed by atoms with E-state index in [1.54, 1.807) is 6.07 Å². The number of halogens is 1. The van der Waals surface area contributed by atoms with Crippen molar-refractivity contribution in [1.82, 2.24) is 9.97 Å². The first kappa shape index (κ1) is 9.26. The highest BCUT2D eigenvalue weighted by molar-refractivity contribution is 9.10. The number of hydrogen-bond donors (Lipinski definition) is 0. The number of carbonyl (C=O) groups excluding carboxylic acids is 2. The summed E-state index contributed by atoms with van der Waals surface area (Å²) in [6.45, 7) is 0.113. The highest BCUT2D eigenvalue weighted by Crippen LogP contribution is 2.18. The standard InChI is InChI=1S/C8H6BrN3O2/c9-6-2-7(11-4-10-6)12-3-5(13)1-8(12)14/h2,4H,1,3H2. The van der Waals surface area contributed by atoms with Gasteiger partial charge in [-0.05, 0) is 15.9 Å². The van der Waals surface area contributed by atoms with E-state index < -0.39 is 0 Å². The molecule has 0 unspecified atom stereocenters. The van der Waals surface area contributed by atoms with Crippen molar-refractivity contribution in [1.29, 1.82) is 0 Å². The summed E-state index contributed by atoms with van der Waals surface area (Å²) in [4.78, 5) is 31.4. The Balaban J connectivity index is 2.31. The van der Waals surface area contributed by atoms with Crippen LogP contribution >= 0.6 is 15.9 Å². The smallest absolute Gasteiger partial charge is 0.236 e. The van der Waals surface area contributed by atoms with Gasteiger partial charge in [0.2, 0.25) is 5.91 Å². The molecule has 1 aromatic heterocycles. The lowest BCUT2D eigenvalue weighted by molar-refractivity contribution is -0.121. The van der Waals surface area contributed by atoms with Crippen molar-refractivity contribution in [3.05, 3.63) is 17.0 Å². The van der Waals surface area contributed by atoms with E-state index in [0.29, 0.717) is 10.4 Å². The van der Waals surface area contributed by atoms with Crippen molar-refractivity contribution in [2.24, 2.45) is 0 Å². The van der Waals surface area contributed by atoms with Crippen LogP contribution in [0, 0.1) is 0 Å². The molecule has 1 aliphatic heterocycles. The predicted molar refractivity (Wildman–Crippen MR) is 51.7 cm³/mol. The van der Waals surface area contributed by atoms with E-state index in [2.05, 4.69) is 25.9 Å². The largest absolute Gasteiger partial charge is 0.297 e. The van der Waals surface area contributed by atoms with Crippen molar-refractivity contribution < 1.29 is 9.59 Å². The van der Waals surface area contributed by atoms with E-state index >= 15 is 0 Å². The second-order valence-electron chi connectivity index (χ2n) is 2.89. The van der Waals surface area contributed by atoms with Gasteiger partial charge >= 0.3 is 0 Å². The van der Waals surface area contributed by atoms with Crippen molar-refractivity contribution in [2.45, 2.75) is 6.42 Å². The average Bonchev–Trinajstić information content (AvgIpc) is 2.45. The summed E-state index contributed by atoms with van der Waals surface area (Å²) in [5.41, 5.74) is 0. The Bertz CT molecular complexity index is 407. The summed E-state index contributed by atoms with van der Waals surface area (Å²) in [6.07, 6.45) is 1.32. The van der Waals surface area contributed by atoms with Crippen LogP contribution in [0.5, 0.6) is 0 Å². The second kappa shape index (κ2) is 3.45. The third kappa shape index (κ3) is 1.65. The first-order valence-corrected chi connectivity index (χ1v) is 4.76. The second-order valence-corrected chi connectivity index (χ2v) is 3.71. The molecule has 0 radical (unpaired) electrons. The number of carbonyl (C=O) groups is 2. The van der Waals surface area contributed by atoms with Crippen LogP contribution in [-0.2, 0) is 9.59 Å². The Morgan fingerprint density at radius 1 is 1.36 bits per heavy atom. The fourth-order valence-corrected chi connectivity index (χ4v) is 1.56. The summed E-state index contributed by atoms with van der Waals surface area (Å²) in [5, 5.41) is 0. The first-order valence-electron chi connectivity index (χ1n) is 3.96. The Labute approximate surface area is 88.3 Å². The number of Topliss-reactive ketones (excluding diaryl/α,β-unsaturated/α-hetero) is 1. The third-order valence-corrected chi connectivity index (χ3v) is 2.31. The maximum absolute atomic E-state index is 11.3. The lowest BCUT2D eigenvalue weighted by atomic mass is 10.3. The molecular formula is C8H6BrN3O2. The molecule has 1 amide bonds. The molecule has 0 bridgehead atoms. The van der Waals surface area contributed by atoms with E-state index in [-0.39, 0.29) is 24.7 Å². The summed E-state index contributed by atoms with van der Waals surface area (Å²) in [6, 6.07) is 1.61. The molecule has 14 heavy (non-hydrogen) atoms. The minimum atomic E-state index is -0.208. The molecule has 1 saturated heterocycles. The van der Waals surface area contributed by atoms with E-state index in [9.17, 15) is 9.59 Å². The number of nitrogens with zero attached hydrogens (tertiary/aromatic N) is 3. The van der Waals surface area contributed by atoms with Gasteiger partial charge in [0.1, 0.15) is 16.7 Å². The molecule has 2 rings (SSSR count). The molecule has 0 saturated carbocycles. The maximum atomic E-state index is 11.3. The highest BCUT2D eigenvalue weighted by Gasteiger charge is 2.29. The van der Waals surface area contributed by atoms with Crippen LogP contribution in [0.3, 0.4) is 0 Å². The Morgan fingerprint density at radius 2 is 2.14 bits per heavy atom. The van der Waals surface area contributed by atoms with Crippen LogP contribution in [-0.4, -0.2) is 28.2 Å². The summed E-state index contributed by atoms with van der Waals surface area (Å²) in [5.74, 6) is 0.174. The van der Waals surface area contributed by atoms with Gasteiger partial charge in [0.15, 0.2) is 5.78 Å². The van der Waals surface area contributed by atoms with E-state index in [0.717, 1.165) is 0 Å². The van der Waals surface area contributed by atoms with Gasteiger partial charge in [-0.2, -0.15) is 0 Å². The number of ketones is 1. The molecule has 0 aromatic carbocycles. The number of rotatable bonds is 1. The van der Waals surface area contributed by atoms with Gasteiger partial charge in [0, 0.05) is 6.07 Å². The topological polar surface area (TPSA) is 63.2 Å². The minimum absolute atomic E-state index is 0.0262. The Kier molecular flexibility index (Phi) is 2.28. The van der Waals surface area contributed by atoms with Crippen LogP contribution in [0.2, 0.25) is 0 Å². The number of aromatic nitrogens is 2. The monoisotopic (exact) mass is 255 g/mol. The van der Waals surface area contributed by atoms with Gasteiger partial charge in [-0.1, -0.05) is 0 Å². The van der Waals surface area contributed by atoms with Crippen LogP contribution < -0.4 is 4.90 Å². The summed E-state index contributed by atoms with van der Waals surface area (Å²) < 4.78 is 0.592. The van der Waals surface area contributed by atoms with E-state index in [1.165, 1.54) is 11.2 Å². The molecule has 1 aliphatic rings. The quantitative estimate of drug-likeness (QED) is 0.543. The molecule has 0 aliphatic carbocycles. The molecule has 1 fully saturated rings. The van der Waals surface area contributed by atoms with Gasteiger partial charge in [-0.25, -0.2) is 9.97 Å². The lowest BCUT2D eigenvalue weighted by Gasteiger charge is -2.12. The van der Waals surface area contributed by atoms with Gasteiger partial charge in [-0.3, -0.25) is 14.5 Å². The molecular weight excluding hydrogens is 250 g/mol. The third-order valence-electron chi connectivity index (χ3n) is 1.88. The summed E-state index contributed by atoms with van der Waals surface area (Å²) in [7, 11) is 0. The van der Waals surface area contributed by atoms with Crippen LogP contribution in [0.15, 0.2) is 17.0 Å². The SMILES string of the molecule is O=C1CC(=O)N(c2cc(Br)ncn2)C1. The molecule has 0 atom stereocenters. The molecule has 6 heteroatoms. The predicted octanol–water partition coefficient (Wildman–Crippen LogP) is 0.545. The molecule has 5 nitrogen and oxygen atoms in total.